The molecule has 1 amide bonds. The zero-order chi connectivity index (χ0) is 20.7. The highest BCUT2D eigenvalue weighted by Gasteiger charge is 2.33. The van der Waals surface area contributed by atoms with Gasteiger partial charge in [0.1, 0.15) is 0 Å². The Morgan fingerprint density at radius 3 is 2.54 bits per heavy atom. The summed E-state index contributed by atoms with van der Waals surface area (Å²) in [5.74, 6) is -0.527. The molecule has 150 valence electrons. The maximum atomic E-state index is 13.2. The number of carbonyl (C=O) groups excluding carboxylic acids is 1. The average Bonchev–Trinajstić information content (AvgIpc) is 2.77. The maximum Gasteiger partial charge on any atom is 0.416 e. The van der Waals surface area contributed by atoms with E-state index in [-0.39, 0.29) is 27.9 Å². The van der Waals surface area contributed by atoms with Gasteiger partial charge in [-0.1, -0.05) is 13.0 Å². The Morgan fingerprint density at radius 1 is 1.18 bits per heavy atom. The number of carbonyl (C=O) groups is 1. The first-order valence-electron chi connectivity index (χ1n) is 8.47. The summed E-state index contributed by atoms with van der Waals surface area (Å²) < 4.78 is 63.1. The van der Waals surface area contributed by atoms with Crippen molar-refractivity contribution in [2.24, 2.45) is 0 Å². The molecule has 0 radical (unpaired) electrons. The Hall–Kier alpha value is -2.00. The third kappa shape index (κ3) is 4.35. The van der Waals surface area contributed by atoms with Crippen LogP contribution in [0.1, 0.15) is 29.3 Å². The summed E-state index contributed by atoms with van der Waals surface area (Å²) >= 11 is 1.42. The second-order valence-electron chi connectivity index (χ2n) is 6.65. The van der Waals surface area contributed by atoms with E-state index in [0.717, 1.165) is 18.4 Å². The molecule has 2 aromatic carbocycles. The standard InChI is InChI=1S/C19H18F3NO3S2/c1-12-8-9-23(16-11-14(19(20,21)22)6-7-17(16)27-12)18(24)13-4-3-5-15(10-13)28(2,25)26/h3-7,10-12H,8-9H2,1-2H3. The average molecular weight is 429 g/mol. The van der Waals surface area contributed by atoms with Crippen LogP contribution < -0.4 is 4.90 Å². The van der Waals surface area contributed by atoms with Crippen molar-refractivity contribution in [2.75, 3.05) is 17.7 Å². The van der Waals surface area contributed by atoms with Crippen LogP contribution in [0.4, 0.5) is 18.9 Å². The second-order valence-corrected chi connectivity index (χ2v) is 10.2. The van der Waals surface area contributed by atoms with Crippen LogP contribution >= 0.6 is 11.8 Å². The Morgan fingerprint density at radius 2 is 1.89 bits per heavy atom. The van der Waals surface area contributed by atoms with Crippen LogP contribution in [-0.4, -0.2) is 32.4 Å². The van der Waals surface area contributed by atoms with E-state index in [9.17, 15) is 26.4 Å². The fourth-order valence-corrected chi connectivity index (χ4v) is 4.70. The van der Waals surface area contributed by atoms with Crippen molar-refractivity contribution >= 4 is 33.2 Å². The van der Waals surface area contributed by atoms with Crippen LogP contribution in [0.25, 0.3) is 0 Å². The Kier molecular flexibility index (Phi) is 5.51. The highest BCUT2D eigenvalue weighted by molar-refractivity contribution is 8.00. The summed E-state index contributed by atoms with van der Waals surface area (Å²) in [6.45, 7) is 2.19. The minimum atomic E-state index is -4.53. The van der Waals surface area contributed by atoms with Crippen molar-refractivity contribution in [1.82, 2.24) is 0 Å². The summed E-state index contributed by atoms with van der Waals surface area (Å²) in [5.41, 5.74) is -0.520. The van der Waals surface area contributed by atoms with Gasteiger partial charge in [-0.25, -0.2) is 8.42 Å². The van der Waals surface area contributed by atoms with Gasteiger partial charge in [0.15, 0.2) is 9.84 Å². The number of benzene rings is 2. The minimum Gasteiger partial charge on any atom is -0.307 e. The SMILES string of the molecule is CC1CCN(C(=O)c2cccc(S(C)(=O)=O)c2)c2cc(C(F)(F)F)ccc2S1. The molecule has 4 nitrogen and oxygen atoms in total. The lowest BCUT2D eigenvalue weighted by atomic mass is 10.1. The van der Waals surface area contributed by atoms with E-state index in [1.54, 1.807) is 0 Å². The van der Waals surface area contributed by atoms with Crippen molar-refractivity contribution < 1.29 is 26.4 Å². The van der Waals surface area contributed by atoms with Gasteiger partial charge in [0.25, 0.3) is 5.91 Å². The zero-order valence-electron chi connectivity index (χ0n) is 15.2. The van der Waals surface area contributed by atoms with Crippen molar-refractivity contribution in [2.45, 2.75) is 34.6 Å². The number of hydrogen-bond acceptors (Lipinski definition) is 4. The predicted octanol–water partition coefficient (Wildman–Crippen LogP) is 4.64. The fraction of sp³-hybridized carbons (Fsp3) is 0.316. The molecular weight excluding hydrogens is 411 g/mol. The largest absolute Gasteiger partial charge is 0.416 e. The third-order valence-electron chi connectivity index (χ3n) is 4.42. The van der Waals surface area contributed by atoms with E-state index in [1.807, 2.05) is 6.92 Å². The lowest BCUT2D eigenvalue weighted by Crippen LogP contribution is -2.32. The number of anilines is 1. The molecule has 9 heteroatoms. The van der Waals surface area contributed by atoms with E-state index in [1.165, 1.54) is 47.0 Å². The van der Waals surface area contributed by atoms with Crippen molar-refractivity contribution in [3.05, 3.63) is 53.6 Å². The van der Waals surface area contributed by atoms with Gasteiger partial charge < -0.3 is 4.90 Å². The lowest BCUT2D eigenvalue weighted by molar-refractivity contribution is -0.137. The van der Waals surface area contributed by atoms with Crippen LogP contribution in [-0.2, 0) is 16.0 Å². The van der Waals surface area contributed by atoms with Crippen molar-refractivity contribution in [1.29, 1.82) is 0 Å². The molecule has 0 spiro atoms. The third-order valence-corrected chi connectivity index (χ3v) is 6.77. The summed E-state index contributed by atoms with van der Waals surface area (Å²) in [5, 5.41) is 0.121. The van der Waals surface area contributed by atoms with Crippen LogP contribution in [0.3, 0.4) is 0 Å². The molecule has 1 aliphatic heterocycles. The number of thioether (sulfide) groups is 1. The fourth-order valence-electron chi connectivity index (χ4n) is 2.94. The molecular formula is C19H18F3NO3S2. The number of amides is 1. The molecule has 0 aromatic heterocycles. The summed E-state index contributed by atoms with van der Waals surface area (Å²) in [6.07, 6.45) is -2.90. The number of hydrogen-bond donors (Lipinski definition) is 0. The Labute approximate surface area is 165 Å². The van der Waals surface area contributed by atoms with Gasteiger partial charge in [-0.05, 0) is 42.8 Å². The number of halogens is 3. The van der Waals surface area contributed by atoms with Gasteiger partial charge in [0.05, 0.1) is 16.1 Å². The zero-order valence-corrected chi connectivity index (χ0v) is 16.8. The molecule has 1 heterocycles. The topological polar surface area (TPSA) is 54.5 Å². The molecule has 0 saturated heterocycles. The van der Waals surface area contributed by atoms with E-state index < -0.39 is 27.5 Å². The Balaban J connectivity index is 2.08. The number of nitrogens with zero attached hydrogens (tertiary/aromatic N) is 1. The first kappa shape index (κ1) is 20.7. The summed E-state index contributed by atoms with van der Waals surface area (Å²) in [7, 11) is -3.52. The van der Waals surface area contributed by atoms with Crippen LogP contribution in [0.5, 0.6) is 0 Å². The monoisotopic (exact) mass is 429 g/mol. The van der Waals surface area contributed by atoms with Gasteiger partial charge in [-0.15, -0.1) is 11.8 Å². The molecule has 1 atom stereocenters. The van der Waals surface area contributed by atoms with Crippen LogP contribution in [0.15, 0.2) is 52.3 Å². The molecule has 1 aliphatic rings. The van der Waals surface area contributed by atoms with Crippen molar-refractivity contribution in [3.8, 4) is 0 Å². The van der Waals surface area contributed by atoms with Gasteiger partial charge in [0.2, 0.25) is 0 Å². The van der Waals surface area contributed by atoms with Gasteiger partial charge in [0, 0.05) is 28.5 Å². The molecule has 3 rings (SSSR count). The van der Waals surface area contributed by atoms with E-state index in [4.69, 9.17) is 0 Å². The first-order valence-corrected chi connectivity index (χ1v) is 11.2. The molecule has 0 N–H and O–H groups in total. The van der Waals surface area contributed by atoms with Gasteiger partial charge in [-0.3, -0.25) is 4.79 Å². The number of alkyl halides is 3. The first-order chi connectivity index (χ1) is 13.0. The normalized spacial score (nSPS) is 17.8. The molecule has 2 aromatic rings. The van der Waals surface area contributed by atoms with E-state index in [0.29, 0.717) is 11.3 Å². The van der Waals surface area contributed by atoms with Crippen LogP contribution in [0.2, 0.25) is 0 Å². The molecule has 0 saturated carbocycles. The summed E-state index contributed by atoms with van der Waals surface area (Å²) in [4.78, 5) is 15.0. The van der Waals surface area contributed by atoms with Gasteiger partial charge >= 0.3 is 6.18 Å². The molecule has 28 heavy (non-hydrogen) atoms. The minimum absolute atomic E-state index is 0.0137. The highest BCUT2D eigenvalue weighted by atomic mass is 32.2. The molecule has 0 fully saturated rings. The van der Waals surface area contributed by atoms with Gasteiger partial charge in [-0.2, -0.15) is 13.2 Å². The summed E-state index contributed by atoms with van der Waals surface area (Å²) in [6, 6.07) is 8.93. The quantitative estimate of drug-likeness (QED) is 0.698. The van der Waals surface area contributed by atoms with E-state index in [2.05, 4.69) is 0 Å². The second kappa shape index (κ2) is 7.44. The lowest BCUT2D eigenvalue weighted by Gasteiger charge is -2.24. The van der Waals surface area contributed by atoms with Crippen molar-refractivity contribution in [3.63, 3.8) is 0 Å². The number of rotatable bonds is 2. The highest BCUT2D eigenvalue weighted by Crippen LogP contribution is 2.41. The Bertz CT molecular complexity index is 1020. The number of fused-ring (bicyclic) bond motifs is 1. The number of sulfone groups is 1. The molecule has 1 unspecified atom stereocenters. The smallest absolute Gasteiger partial charge is 0.307 e. The van der Waals surface area contributed by atoms with Crippen LogP contribution in [0, 0.1) is 0 Å². The van der Waals surface area contributed by atoms with E-state index >= 15 is 0 Å². The predicted molar refractivity (Wildman–Crippen MR) is 103 cm³/mol. The molecule has 0 aliphatic carbocycles. The maximum absolute atomic E-state index is 13.2. The molecule has 0 bridgehead atoms.